The lowest BCUT2D eigenvalue weighted by Crippen LogP contribution is -2.27. The van der Waals surface area contributed by atoms with Crippen LogP contribution in [-0.2, 0) is 9.53 Å². The number of carbonyl (C=O) groups is 2. The summed E-state index contributed by atoms with van der Waals surface area (Å²) in [6.07, 6.45) is 0.0534. The predicted octanol–water partition coefficient (Wildman–Crippen LogP) is 1.88. The average Bonchev–Trinajstić information content (AvgIpc) is 2.31. The molecule has 0 atom stereocenters. The van der Waals surface area contributed by atoms with Crippen LogP contribution < -0.4 is 5.32 Å². The normalized spacial score (nSPS) is 9.82. The Morgan fingerprint density at radius 1 is 1.47 bits per heavy atom. The highest BCUT2D eigenvalue weighted by molar-refractivity contribution is 9.10. The van der Waals surface area contributed by atoms with E-state index in [-0.39, 0.29) is 18.5 Å². The van der Waals surface area contributed by atoms with Crippen molar-refractivity contribution in [3.05, 3.63) is 34.1 Å². The largest absolute Gasteiger partial charge is 0.469 e. The van der Waals surface area contributed by atoms with Crippen LogP contribution >= 0.6 is 15.9 Å². The number of halogens is 2. The molecule has 0 radical (unpaired) electrons. The minimum atomic E-state index is -0.608. The molecular formula is C11H11BrFNO3. The molecular weight excluding hydrogens is 293 g/mol. The molecule has 1 N–H and O–H groups in total. The predicted molar refractivity (Wildman–Crippen MR) is 63.1 cm³/mol. The maximum absolute atomic E-state index is 13.3. The topological polar surface area (TPSA) is 55.4 Å². The molecule has 0 aliphatic heterocycles. The smallest absolute Gasteiger partial charge is 0.307 e. The number of esters is 1. The van der Waals surface area contributed by atoms with Crippen molar-refractivity contribution in [1.82, 2.24) is 5.32 Å². The van der Waals surface area contributed by atoms with Crippen molar-refractivity contribution in [2.24, 2.45) is 0 Å². The van der Waals surface area contributed by atoms with Crippen LogP contribution in [0.4, 0.5) is 4.39 Å². The number of hydrogen-bond donors (Lipinski definition) is 1. The second-order valence-corrected chi connectivity index (χ2v) is 4.12. The number of ether oxygens (including phenoxy) is 1. The van der Waals surface area contributed by atoms with E-state index in [1.165, 1.54) is 25.3 Å². The summed E-state index contributed by atoms with van der Waals surface area (Å²) in [5.74, 6) is -1.60. The molecule has 0 heterocycles. The third-order valence-corrected chi connectivity index (χ3v) is 2.51. The molecule has 0 bridgehead atoms. The van der Waals surface area contributed by atoms with Crippen LogP contribution in [0.3, 0.4) is 0 Å². The van der Waals surface area contributed by atoms with Crippen LogP contribution in [0.1, 0.15) is 16.8 Å². The van der Waals surface area contributed by atoms with Gasteiger partial charge in [-0.15, -0.1) is 0 Å². The van der Waals surface area contributed by atoms with E-state index in [1.807, 2.05) is 0 Å². The van der Waals surface area contributed by atoms with Crippen LogP contribution in [0.15, 0.2) is 22.7 Å². The molecule has 6 heteroatoms. The summed E-state index contributed by atoms with van der Waals surface area (Å²) >= 11 is 3.15. The van der Waals surface area contributed by atoms with E-state index >= 15 is 0 Å². The first-order valence-electron chi connectivity index (χ1n) is 4.84. The highest BCUT2D eigenvalue weighted by Crippen LogP contribution is 2.15. The maximum Gasteiger partial charge on any atom is 0.307 e. The van der Waals surface area contributed by atoms with Gasteiger partial charge in [0.15, 0.2) is 0 Å². The Hall–Kier alpha value is -1.43. The third kappa shape index (κ3) is 4.14. The summed E-state index contributed by atoms with van der Waals surface area (Å²) in [4.78, 5) is 22.4. The first-order valence-corrected chi connectivity index (χ1v) is 5.64. The van der Waals surface area contributed by atoms with Crippen molar-refractivity contribution in [2.75, 3.05) is 13.7 Å². The lowest BCUT2D eigenvalue weighted by molar-refractivity contribution is -0.140. The van der Waals surface area contributed by atoms with Crippen molar-refractivity contribution in [2.45, 2.75) is 6.42 Å². The van der Waals surface area contributed by atoms with Crippen LogP contribution in [0.5, 0.6) is 0 Å². The molecule has 1 amide bonds. The van der Waals surface area contributed by atoms with E-state index in [1.54, 1.807) is 0 Å². The molecule has 4 nitrogen and oxygen atoms in total. The fourth-order valence-electron chi connectivity index (χ4n) is 1.15. The standard InChI is InChI=1S/C11H11BrFNO3/c1-17-10(15)4-5-14-11(16)8-6-7(12)2-3-9(8)13/h2-3,6H,4-5H2,1H3,(H,14,16). The Morgan fingerprint density at radius 3 is 2.82 bits per heavy atom. The Kier molecular flexibility index (Phi) is 5.09. The van der Waals surface area contributed by atoms with Crippen molar-refractivity contribution >= 4 is 27.8 Å². The average molecular weight is 304 g/mol. The summed E-state index contributed by atoms with van der Waals surface area (Å²) in [5.41, 5.74) is -0.0655. The summed E-state index contributed by atoms with van der Waals surface area (Å²) in [5, 5.41) is 2.43. The fourth-order valence-corrected chi connectivity index (χ4v) is 1.51. The van der Waals surface area contributed by atoms with Gasteiger partial charge in [-0.1, -0.05) is 15.9 Å². The molecule has 0 aliphatic carbocycles. The van der Waals surface area contributed by atoms with Gasteiger partial charge in [0.2, 0.25) is 0 Å². The van der Waals surface area contributed by atoms with Gasteiger partial charge in [0, 0.05) is 11.0 Å². The monoisotopic (exact) mass is 303 g/mol. The van der Waals surface area contributed by atoms with Crippen LogP contribution in [-0.4, -0.2) is 25.5 Å². The Morgan fingerprint density at radius 2 is 2.18 bits per heavy atom. The minimum absolute atomic E-state index is 0.0534. The Balaban J connectivity index is 2.58. The van der Waals surface area contributed by atoms with Gasteiger partial charge in [-0.25, -0.2) is 4.39 Å². The summed E-state index contributed by atoms with van der Waals surface area (Å²) < 4.78 is 18.3. The van der Waals surface area contributed by atoms with Gasteiger partial charge in [0.25, 0.3) is 5.91 Å². The quantitative estimate of drug-likeness (QED) is 0.864. The number of methoxy groups -OCH3 is 1. The van der Waals surface area contributed by atoms with E-state index in [4.69, 9.17) is 0 Å². The molecule has 1 aromatic rings. The number of carbonyl (C=O) groups excluding carboxylic acids is 2. The number of amides is 1. The van der Waals surface area contributed by atoms with Crippen LogP contribution in [0.25, 0.3) is 0 Å². The summed E-state index contributed by atoms with van der Waals surface area (Å²) in [6, 6.07) is 4.07. The van der Waals surface area contributed by atoms with E-state index in [0.29, 0.717) is 4.47 Å². The van der Waals surface area contributed by atoms with Crippen molar-refractivity contribution in [1.29, 1.82) is 0 Å². The van der Waals surface area contributed by atoms with Gasteiger partial charge in [-0.3, -0.25) is 9.59 Å². The second-order valence-electron chi connectivity index (χ2n) is 3.21. The van der Waals surface area contributed by atoms with E-state index in [2.05, 4.69) is 26.0 Å². The highest BCUT2D eigenvalue weighted by atomic mass is 79.9. The molecule has 92 valence electrons. The minimum Gasteiger partial charge on any atom is -0.469 e. The van der Waals surface area contributed by atoms with Crippen LogP contribution in [0.2, 0.25) is 0 Å². The molecule has 0 spiro atoms. The summed E-state index contributed by atoms with van der Waals surface area (Å²) in [6.45, 7) is 0.109. The zero-order valence-corrected chi connectivity index (χ0v) is 10.7. The molecule has 0 saturated carbocycles. The lowest BCUT2D eigenvalue weighted by atomic mass is 10.2. The van der Waals surface area contributed by atoms with Gasteiger partial charge in [0.05, 0.1) is 19.1 Å². The Bertz CT molecular complexity index is 437. The zero-order valence-electron chi connectivity index (χ0n) is 9.13. The third-order valence-electron chi connectivity index (χ3n) is 2.02. The molecule has 0 unspecified atom stereocenters. The zero-order chi connectivity index (χ0) is 12.8. The number of rotatable bonds is 4. The molecule has 0 fully saturated rings. The first kappa shape index (κ1) is 13.6. The van der Waals surface area contributed by atoms with Crippen molar-refractivity contribution < 1.29 is 18.7 Å². The van der Waals surface area contributed by atoms with Gasteiger partial charge in [-0.05, 0) is 18.2 Å². The number of benzene rings is 1. The van der Waals surface area contributed by atoms with Crippen molar-refractivity contribution in [3.63, 3.8) is 0 Å². The summed E-state index contributed by atoms with van der Waals surface area (Å²) in [7, 11) is 1.26. The fraction of sp³-hybridized carbons (Fsp3) is 0.273. The SMILES string of the molecule is COC(=O)CCNC(=O)c1cc(Br)ccc1F. The molecule has 1 aromatic carbocycles. The van der Waals surface area contributed by atoms with E-state index < -0.39 is 17.7 Å². The Labute approximate surface area is 106 Å². The number of hydrogen-bond acceptors (Lipinski definition) is 3. The van der Waals surface area contributed by atoms with E-state index in [9.17, 15) is 14.0 Å². The second kappa shape index (κ2) is 6.34. The highest BCUT2D eigenvalue weighted by Gasteiger charge is 2.12. The van der Waals surface area contributed by atoms with Gasteiger partial charge in [0.1, 0.15) is 5.82 Å². The van der Waals surface area contributed by atoms with Gasteiger partial charge < -0.3 is 10.1 Å². The molecule has 17 heavy (non-hydrogen) atoms. The van der Waals surface area contributed by atoms with Gasteiger partial charge in [-0.2, -0.15) is 0 Å². The molecule has 0 aromatic heterocycles. The molecule has 0 aliphatic rings. The maximum atomic E-state index is 13.3. The van der Waals surface area contributed by atoms with Crippen LogP contribution in [0, 0.1) is 5.82 Å². The van der Waals surface area contributed by atoms with E-state index in [0.717, 1.165) is 0 Å². The van der Waals surface area contributed by atoms with Gasteiger partial charge >= 0.3 is 5.97 Å². The lowest BCUT2D eigenvalue weighted by Gasteiger charge is -2.05. The number of nitrogens with one attached hydrogen (secondary N) is 1. The molecule has 0 saturated heterocycles. The van der Waals surface area contributed by atoms with Crippen molar-refractivity contribution in [3.8, 4) is 0 Å². The molecule has 1 rings (SSSR count). The first-order chi connectivity index (χ1) is 8.04.